The van der Waals surface area contributed by atoms with E-state index >= 15 is 0 Å². The van der Waals surface area contributed by atoms with Crippen LogP contribution in [-0.4, -0.2) is 24.0 Å². The Balaban J connectivity index is 2.74. The van der Waals surface area contributed by atoms with E-state index < -0.39 is 5.97 Å². The maximum Gasteiger partial charge on any atom is 0.396 e. The zero-order valence-corrected chi connectivity index (χ0v) is 10.3. The van der Waals surface area contributed by atoms with Gasteiger partial charge in [-0.25, -0.2) is 9.53 Å². The van der Waals surface area contributed by atoms with Crippen molar-refractivity contribution in [1.29, 1.82) is 0 Å². The highest BCUT2D eigenvalue weighted by Gasteiger charge is 2.05. The summed E-state index contributed by atoms with van der Waals surface area (Å²) >= 11 is 2.14. The van der Waals surface area contributed by atoms with Gasteiger partial charge >= 0.3 is 5.97 Å². The van der Waals surface area contributed by atoms with Crippen molar-refractivity contribution in [3.63, 3.8) is 0 Å². The summed E-state index contributed by atoms with van der Waals surface area (Å²) in [5.41, 5.74) is 0.883. The summed E-state index contributed by atoms with van der Waals surface area (Å²) in [5, 5.41) is 11.3. The van der Waals surface area contributed by atoms with Gasteiger partial charge in [-0.3, -0.25) is 0 Å². The number of rotatable bonds is 3. The molecule has 0 spiro atoms. The number of hydroxylamine groups is 1. The average molecular weight is 319 g/mol. The zero-order chi connectivity index (χ0) is 11.3. The van der Waals surface area contributed by atoms with Crippen LogP contribution in [0.4, 0.5) is 0 Å². The molecule has 15 heavy (non-hydrogen) atoms. The lowest BCUT2D eigenvalue weighted by Gasteiger charge is -2.04. The van der Waals surface area contributed by atoms with Crippen molar-refractivity contribution in [2.24, 2.45) is 0 Å². The third kappa shape index (κ3) is 3.86. The Hall–Kier alpha value is -1.11. The smallest absolute Gasteiger partial charge is 0.396 e. The van der Waals surface area contributed by atoms with Crippen molar-refractivity contribution < 1.29 is 14.3 Å². The van der Waals surface area contributed by atoms with Crippen LogP contribution in [0, 0.1) is 8.78 Å². The summed E-state index contributed by atoms with van der Waals surface area (Å²) in [6.45, 7) is 0.147. The minimum absolute atomic E-state index is 0.147. The van der Waals surface area contributed by atoms with Gasteiger partial charge in [-0.05, 0) is 28.7 Å². The normalized spacial score (nSPS) is 11.2. The van der Waals surface area contributed by atoms with E-state index in [4.69, 9.17) is 0 Å². The van der Waals surface area contributed by atoms with Gasteiger partial charge in [-0.1, -0.05) is 18.2 Å². The lowest BCUT2D eigenvalue weighted by atomic mass is 10.2. The Morgan fingerprint density at radius 2 is 2.27 bits per heavy atom. The number of carbonyl (C=O) groups excluding carboxylic acids is 1. The lowest BCUT2D eigenvalue weighted by molar-refractivity contribution is -0.469. The molecule has 1 rings (SSSR count). The molecule has 0 saturated carbocycles. The Labute approximate surface area is 101 Å². The largest absolute Gasteiger partial charge is 0.623 e. The van der Waals surface area contributed by atoms with Crippen LogP contribution in [-0.2, 0) is 16.1 Å². The Morgan fingerprint density at radius 3 is 2.87 bits per heavy atom. The van der Waals surface area contributed by atoms with Crippen LogP contribution in [0.15, 0.2) is 24.3 Å². The minimum Gasteiger partial charge on any atom is -0.623 e. The minimum atomic E-state index is -0.643. The highest BCUT2D eigenvalue weighted by atomic mass is 127. The van der Waals surface area contributed by atoms with E-state index in [1.165, 1.54) is 7.11 Å². The highest BCUT2D eigenvalue weighted by Crippen LogP contribution is 2.11. The molecular weight excluding hydrogens is 309 g/mol. The molecule has 0 bridgehead atoms. The molecule has 0 heterocycles. The van der Waals surface area contributed by atoms with Crippen molar-refractivity contribution in [3.8, 4) is 0 Å². The van der Waals surface area contributed by atoms with Crippen LogP contribution >= 0.6 is 22.6 Å². The van der Waals surface area contributed by atoms with Crippen molar-refractivity contribution in [2.45, 2.75) is 6.54 Å². The number of esters is 1. The Morgan fingerprint density at radius 1 is 1.60 bits per heavy atom. The summed E-state index contributed by atoms with van der Waals surface area (Å²) < 4.78 is 5.90. The predicted octanol–water partition coefficient (Wildman–Crippen LogP) is 1.55. The maximum atomic E-state index is 11.3. The molecule has 0 aliphatic heterocycles. The molecule has 1 aromatic carbocycles. The molecular formula is C10H10INO3. The first kappa shape index (κ1) is 12.0. The number of methoxy groups -OCH3 is 1. The van der Waals surface area contributed by atoms with Crippen LogP contribution in [0.2, 0.25) is 0 Å². The monoisotopic (exact) mass is 319 g/mol. The van der Waals surface area contributed by atoms with Crippen molar-refractivity contribution in [1.82, 2.24) is 0 Å². The van der Waals surface area contributed by atoms with Gasteiger partial charge in [0.2, 0.25) is 0 Å². The van der Waals surface area contributed by atoms with E-state index in [1.807, 2.05) is 24.3 Å². The molecule has 0 aliphatic carbocycles. The molecule has 0 aromatic heterocycles. The van der Waals surface area contributed by atoms with E-state index in [9.17, 15) is 10.0 Å². The second-order valence-electron chi connectivity index (χ2n) is 2.82. The molecule has 0 saturated heterocycles. The molecule has 0 unspecified atom stereocenters. The van der Waals surface area contributed by atoms with Crippen LogP contribution in [0.5, 0.6) is 0 Å². The zero-order valence-electron chi connectivity index (χ0n) is 8.14. The first-order valence-electron chi connectivity index (χ1n) is 4.23. The van der Waals surface area contributed by atoms with Crippen LogP contribution in [0.1, 0.15) is 5.56 Å². The number of nitrogens with zero attached hydrogens (tertiary/aromatic N) is 1. The fourth-order valence-corrected chi connectivity index (χ4v) is 1.57. The molecule has 0 atom stereocenters. The number of hydrogen-bond donors (Lipinski definition) is 0. The second kappa shape index (κ2) is 5.69. The number of benzene rings is 1. The van der Waals surface area contributed by atoms with E-state index in [0.29, 0.717) is 4.74 Å². The number of hydrogen-bond acceptors (Lipinski definition) is 3. The standard InChI is InChI=1S/C10H10INO3/c1-15-10(13)7-12(14)6-8-4-2-3-5-9(8)11/h2-5,7H,6H2,1H3/b12-7-. The van der Waals surface area contributed by atoms with Gasteiger partial charge in [0.05, 0.1) is 7.11 Å². The molecule has 0 aliphatic rings. The van der Waals surface area contributed by atoms with Gasteiger partial charge in [0.15, 0.2) is 6.54 Å². The fourth-order valence-electron chi connectivity index (χ4n) is 1.01. The third-order valence-electron chi connectivity index (χ3n) is 1.73. The van der Waals surface area contributed by atoms with Crippen LogP contribution < -0.4 is 0 Å². The average Bonchev–Trinajstić information content (AvgIpc) is 2.21. The fraction of sp³-hybridized carbons (Fsp3) is 0.200. The maximum absolute atomic E-state index is 11.3. The van der Waals surface area contributed by atoms with Gasteiger partial charge in [-0.2, -0.15) is 0 Å². The number of carbonyl (C=O) groups is 1. The highest BCUT2D eigenvalue weighted by molar-refractivity contribution is 14.1. The topological polar surface area (TPSA) is 52.4 Å². The molecule has 0 amide bonds. The first-order valence-corrected chi connectivity index (χ1v) is 5.31. The second-order valence-corrected chi connectivity index (χ2v) is 3.98. The van der Waals surface area contributed by atoms with Gasteiger partial charge in [0.1, 0.15) is 0 Å². The van der Waals surface area contributed by atoms with E-state index in [0.717, 1.165) is 15.3 Å². The molecule has 0 fully saturated rings. The summed E-state index contributed by atoms with van der Waals surface area (Å²) in [7, 11) is 1.24. The Bertz CT molecular complexity index is 390. The third-order valence-corrected chi connectivity index (χ3v) is 2.79. The first-order chi connectivity index (χ1) is 7.13. The van der Waals surface area contributed by atoms with E-state index in [-0.39, 0.29) is 6.54 Å². The number of halogens is 1. The Kier molecular flexibility index (Phi) is 4.54. The quantitative estimate of drug-likeness (QED) is 0.212. The van der Waals surface area contributed by atoms with E-state index in [1.54, 1.807) is 0 Å². The SMILES string of the molecule is COC(=O)/C=[N+](\[O-])Cc1ccccc1I. The summed E-state index contributed by atoms with van der Waals surface area (Å²) in [6.07, 6.45) is 0.892. The van der Waals surface area contributed by atoms with Gasteiger partial charge in [0, 0.05) is 9.13 Å². The molecule has 4 nitrogen and oxygen atoms in total. The molecule has 0 N–H and O–H groups in total. The van der Waals surface area contributed by atoms with Gasteiger partial charge in [-0.15, -0.1) is 0 Å². The van der Waals surface area contributed by atoms with Crippen molar-refractivity contribution in [3.05, 3.63) is 38.6 Å². The van der Waals surface area contributed by atoms with Gasteiger partial charge in [0.25, 0.3) is 6.21 Å². The summed E-state index contributed by atoms with van der Waals surface area (Å²) in [4.78, 5) is 10.8. The molecule has 5 heteroatoms. The van der Waals surface area contributed by atoms with Gasteiger partial charge < -0.3 is 9.94 Å². The van der Waals surface area contributed by atoms with Crippen molar-refractivity contribution in [2.75, 3.05) is 7.11 Å². The molecule has 80 valence electrons. The lowest BCUT2D eigenvalue weighted by Crippen LogP contribution is -2.13. The van der Waals surface area contributed by atoms with Crippen molar-refractivity contribution >= 4 is 34.8 Å². The number of ether oxygens (including phenoxy) is 1. The molecule has 0 radical (unpaired) electrons. The predicted molar refractivity (Wildman–Crippen MR) is 64.6 cm³/mol. The van der Waals surface area contributed by atoms with Crippen LogP contribution in [0.3, 0.4) is 0 Å². The summed E-state index contributed by atoms with van der Waals surface area (Å²) in [5.74, 6) is -0.643. The van der Waals surface area contributed by atoms with Crippen LogP contribution in [0.25, 0.3) is 0 Å². The molecule has 1 aromatic rings. The van der Waals surface area contributed by atoms with E-state index in [2.05, 4.69) is 27.3 Å². The summed E-state index contributed by atoms with van der Waals surface area (Å²) in [6, 6.07) is 7.49.